The maximum absolute atomic E-state index is 12.4. The Morgan fingerprint density at radius 2 is 2.06 bits per heavy atom. The SMILES string of the molecule is COC1CC(N2C(=O)C(C)NC2C(C)C)C1(C)C. The van der Waals surface area contributed by atoms with E-state index in [9.17, 15) is 4.79 Å². The molecule has 1 heterocycles. The van der Waals surface area contributed by atoms with Crippen LogP contribution in [0.3, 0.4) is 0 Å². The van der Waals surface area contributed by atoms with Gasteiger partial charge in [0.1, 0.15) is 0 Å². The quantitative estimate of drug-likeness (QED) is 0.832. The van der Waals surface area contributed by atoms with E-state index in [-0.39, 0.29) is 29.6 Å². The van der Waals surface area contributed by atoms with Crippen LogP contribution in [0.4, 0.5) is 0 Å². The Morgan fingerprint density at radius 1 is 1.44 bits per heavy atom. The highest BCUT2D eigenvalue weighted by Crippen LogP contribution is 2.47. The van der Waals surface area contributed by atoms with Gasteiger partial charge in [0.05, 0.1) is 18.3 Å². The van der Waals surface area contributed by atoms with Crippen LogP contribution >= 0.6 is 0 Å². The number of methoxy groups -OCH3 is 1. The molecule has 4 unspecified atom stereocenters. The summed E-state index contributed by atoms with van der Waals surface area (Å²) in [7, 11) is 1.76. The third-order valence-corrected chi connectivity index (χ3v) is 4.72. The highest BCUT2D eigenvalue weighted by Gasteiger charge is 2.56. The smallest absolute Gasteiger partial charge is 0.241 e. The van der Waals surface area contributed by atoms with Crippen molar-refractivity contribution in [3.63, 3.8) is 0 Å². The van der Waals surface area contributed by atoms with Crippen LogP contribution in [0, 0.1) is 11.3 Å². The molecular weight excluding hydrogens is 228 g/mol. The van der Waals surface area contributed by atoms with Crippen LogP contribution in [-0.4, -0.2) is 42.3 Å². The summed E-state index contributed by atoms with van der Waals surface area (Å²) in [6.45, 7) is 10.7. The monoisotopic (exact) mass is 254 g/mol. The van der Waals surface area contributed by atoms with Gasteiger partial charge in [-0.2, -0.15) is 0 Å². The molecule has 4 atom stereocenters. The maximum atomic E-state index is 12.4. The zero-order chi connectivity index (χ0) is 13.7. The molecule has 104 valence electrons. The van der Waals surface area contributed by atoms with E-state index < -0.39 is 0 Å². The molecule has 2 fully saturated rings. The summed E-state index contributed by atoms with van der Waals surface area (Å²) in [4.78, 5) is 14.4. The number of carbonyl (C=O) groups excluding carboxylic acids is 1. The molecule has 0 aromatic heterocycles. The van der Waals surface area contributed by atoms with E-state index in [0.717, 1.165) is 6.42 Å². The summed E-state index contributed by atoms with van der Waals surface area (Å²) < 4.78 is 5.49. The van der Waals surface area contributed by atoms with Gasteiger partial charge in [-0.1, -0.05) is 27.7 Å². The molecule has 2 rings (SSSR count). The van der Waals surface area contributed by atoms with Crippen molar-refractivity contribution in [1.29, 1.82) is 0 Å². The summed E-state index contributed by atoms with van der Waals surface area (Å²) in [6, 6.07) is 0.231. The predicted octanol–water partition coefficient (Wildman–Crippen LogP) is 1.60. The summed E-state index contributed by atoms with van der Waals surface area (Å²) in [5.74, 6) is 0.664. The number of nitrogens with one attached hydrogen (secondary N) is 1. The van der Waals surface area contributed by atoms with Crippen molar-refractivity contribution in [2.24, 2.45) is 11.3 Å². The zero-order valence-electron chi connectivity index (χ0n) is 12.4. The molecule has 1 aliphatic carbocycles. The lowest BCUT2D eigenvalue weighted by Crippen LogP contribution is -2.65. The molecule has 4 heteroatoms. The number of nitrogens with zero attached hydrogens (tertiary/aromatic N) is 1. The summed E-state index contributed by atoms with van der Waals surface area (Å²) in [6.07, 6.45) is 1.38. The Morgan fingerprint density at radius 3 is 2.50 bits per heavy atom. The standard InChI is InChI=1S/C14H26N2O2/c1-8(2)12-15-9(3)13(17)16(12)10-7-11(18-6)14(10,4)5/h8-12,15H,7H2,1-6H3. The molecule has 1 N–H and O–H groups in total. The van der Waals surface area contributed by atoms with Gasteiger partial charge in [-0.15, -0.1) is 0 Å². The molecule has 4 nitrogen and oxygen atoms in total. The average Bonchev–Trinajstić information content (AvgIpc) is 2.56. The van der Waals surface area contributed by atoms with Crippen molar-refractivity contribution in [1.82, 2.24) is 10.2 Å². The van der Waals surface area contributed by atoms with Crippen molar-refractivity contribution < 1.29 is 9.53 Å². The molecule has 0 bridgehead atoms. The predicted molar refractivity (Wildman–Crippen MR) is 71.1 cm³/mol. The van der Waals surface area contributed by atoms with Crippen LogP contribution in [-0.2, 0) is 9.53 Å². The van der Waals surface area contributed by atoms with Gasteiger partial charge in [0.25, 0.3) is 0 Å². The fraction of sp³-hybridized carbons (Fsp3) is 0.929. The zero-order valence-corrected chi connectivity index (χ0v) is 12.4. The fourth-order valence-corrected chi connectivity index (χ4v) is 3.37. The first-order valence-electron chi connectivity index (χ1n) is 6.91. The van der Waals surface area contributed by atoms with E-state index in [4.69, 9.17) is 4.74 Å². The Bertz CT molecular complexity index is 341. The lowest BCUT2D eigenvalue weighted by Gasteiger charge is -2.56. The topological polar surface area (TPSA) is 41.6 Å². The number of rotatable bonds is 3. The number of ether oxygens (including phenoxy) is 1. The molecule has 1 aliphatic heterocycles. The molecule has 1 saturated carbocycles. The first-order valence-corrected chi connectivity index (χ1v) is 6.91. The number of hydrogen-bond donors (Lipinski definition) is 1. The van der Waals surface area contributed by atoms with E-state index in [0.29, 0.717) is 12.0 Å². The first-order chi connectivity index (χ1) is 8.30. The van der Waals surface area contributed by atoms with Crippen molar-refractivity contribution >= 4 is 5.91 Å². The van der Waals surface area contributed by atoms with E-state index in [2.05, 4.69) is 37.9 Å². The van der Waals surface area contributed by atoms with E-state index >= 15 is 0 Å². The summed E-state index contributed by atoms with van der Waals surface area (Å²) >= 11 is 0. The third-order valence-electron chi connectivity index (χ3n) is 4.72. The molecule has 0 spiro atoms. The Kier molecular flexibility index (Phi) is 3.45. The molecule has 1 amide bonds. The van der Waals surface area contributed by atoms with Gasteiger partial charge in [0, 0.05) is 18.6 Å². The molecule has 2 aliphatic rings. The maximum Gasteiger partial charge on any atom is 0.241 e. The van der Waals surface area contributed by atoms with Crippen LogP contribution in [0.15, 0.2) is 0 Å². The molecule has 18 heavy (non-hydrogen) atoms. The molecular formula is C14H26N2O2. The van der Waals surface area contributed by atoms with Gasteiger partial charge in [0.15, 0.2) is 0 Å². The van der Waals surface area contributed by atoms with Gasteiger partial charge in [-0.25, -0.2) is 0 Å². The normalized spacial score (nSPS) is 39.3. The number of amides is 1. The van der Waals surface area contributed by atoms with Crippen molar-refractivity contribution in [2.75, 3.05) is 7.11 Å². The largest absolute Gasteiger partial charge is 0.381 e. The van der Waals surface area contributed by atoms with E-state index in [1.807, 2.05) is 6.92 Å². The second kappa shape index (κ2) is 4.49. The Balaban J connectivity index is 2.19. The van der Waals surface area contributed by atoms with Crippen LogP contribution in [0.2, 0.25) is 0 Å². The summed E-state index contributed by atoms with van der Waals surface area (Å²) in [5, 5.41) is 3.41. The third kappa shape index (κ3) is 1.86. The second-order valence-corrected chi connectivity index (χ2v) is 6.62. The summed E-state index contributed by atoms with van der Waals surface area (Å²) in [5.41, 5.74) is 0.0449. The lowest BCUT2D eigenvalue weighted by atomic mass is 9.63. The van der Waals surface area contributed by atoms with E-state index in [1.54, 1.807) is 7.11 Å². The van der Waals surface area contributed by atoms with Gasteiger partial charge in [0.2, 0.25) is 5.91 Å². The van der Waals surface area contributed by atoms with Crippen LogP contribution in [0.25, 0.3) is 0 Å². The first kappa shape index (κ1) is 13.8. The number of hydrogen-bond acceptors (Lipinski definition) is 3. The minimum atomic E-state index is -0.0604. The van der Waals surface area contributed by atoms with Gasteiger partial charge in [-0.3, -0.25) is 10.1 Å². The lowest BCUT2D eigenvalue weighted by molar-refractivity contribution is -0.164. The molecule has 1 saturated heterocycles. The number of carbonyl (C=O) groups is 1. The minimum absolute atomic E-state index is 0.0449. The molecule has 0 aromatic rings. The highest BCUT2D eigenvalue weighted by molar-refractivity contribution is 5.84. The van der Waals surface area contributed by atoms with Crippen LogP contribution in [0.1, 0.15) is 41.0 Å². The van der Waals surface area contributed by atoms with Crippen molar-refractivity contribution in [3.05, 3.63) is 0 Å². The van der Waals surface area contributed by atoms with Crippen LogP contribution in [0.5, 0.6) is 0 Å². The Labute approximate surface area is 110 Å². The minimum Gasteiger partial charge on any atom is -0.381 e. The van der Waals surface area contributed by atoms with Crippen LogP contribution < -0.4 is 5.32 Å². The van der Waals surface area contributed by atoms with Crippen molar-refractivity contribution in [3.8, 4) is 0 Å². The fourth-order valence-electron chi connectivity index (χ4n) is 3.37. The highest BCUT2D eigenvalue weighted by atomic mass is 16.5. The average molecular weight is 254 g/mol. The van der Waals surface area contributed by atoms with E-state index in [1.165, 1.54) is 0 Å². The van der Waals surface area contributed by atoms with Gasteiger partial charge < -0.3 is 9.64 Å². The van der Waals surface area contributed by atoms with Gasteiger partial charge >= 0.3 is 0 Å². The second-order valence-electron chi connectivity index (χ2n) is 6.62. The van der Waals surface area contributed by atoms with Gasteiger partial charge in [-0.05, 0) is 19.3 Å². The van der Waals surface area contributed by atoms with Crippen molar-refractivity contribution in [2.45, 2.75) is 65.4 Å². The Hall–Kier alpha value is -0.610. The molecule has 0 aromatic carbocycles. The molecule has 0 radical (unpaired) electrons.